The molecule has 0 bridgehead atoms. The van der Waals surface area contributed by atoms with E-state index < -0.39 is 15.6 Å². The van der Waals surface area contributed by atoms with E-state index in [1.54, 1.807) is 58.2 Å². The van der Waals surface area contributed by atoms with Crippen LogP contribution in [-0.2, 0) is 14.8 Å². The van der Waals surface area contributed by atoms with Gasteiger partial charge in [-0.25, -0.2) is 18.1 Å². The van der Waals surface area contributed by atoms with Gasteiger partial charge >= 0.3 is 0 Å². The van der Waals surface area contributed by atoms with Gasteiger partial charge < -0.3 is 15.5 Å². The second-order valence-electron chi connectivity index (χ2n) is 10.9. The van der Waals surface area contributed by atoms with Crippen molar-refractivity contribution in [2.75, 3.05) is 48.3 Å². The largest absolute Gasteiger partial charge is 0.369 e. The Morgan fingerprint density at radius 2 is 1.67 bits per heavy atom. The highest BCUT2D eigenvalue weighted by atomic mass is 32.2. The summed E-state index contributed by atoms with van der Waals surface area (Å²) in [5, 5.41) is 6.47. The summed E-state index contributed by atoms with van der Waals surface area (Å²) in [5.41, 5.74) is 2.82. The van der Waals surface area contributed by atoms with E-state index in [0.717, 1.165) is 43.1 Å². The minimum atomic E-state index is -3.67. The monoisotopic (exact) mass is 551 g/mol. The molecule has 208 valence electrons. The van der Waals surface area contributed by atoms with Crippen molar-refractivity contribution >= 4 is 44.6 Å². The van der Waals surface area contributed by atoms with Gasteiger partial charge in [0.25, 0.3) is 0 Å². The molecule has 10 nitrogen and oxygen atoms in total. The lowest BCUT2D eigenvalue weighted by atomic mass is 10.1. The van der Waals surface area contributed by atoms with Crippen LogP contribution in [0.25, 0.3) is 0 Å². The number of nitrogens with zero attached hydrogens (tertiary/aromatic N) is 4. The summed E-state index contributed by atoms with van der Waals surface area (Å²) >= 11 is 0. The van der Waals surface area contributed by atoms with Crippen molar-refractivity contribution in [2.45, 2.75) is 45.1 Å². The predicted octanol–water partition coefficient (Wildman–Crippen LogP) is 4.06. The van der Waals surface area contributed by atoms with E-state index in [0.29, 0.717) is 24.0 Å². The molecule has 0 atom stereocenters. The summed E-state index contributed by atoms with van der Waals surface area (Å²) in [6.07, 6.45) is 1.72. The molecule has 11 heteroatoms. The maximum Gasteiger partial charge on any atom is 0.241 e. The van der Waals surface area contributed by atoms with Crippen molar-refractivity contribution in [1.29, 1.82) is 0 Å². The highest BCUT2D eigenvalue weighted by molar-refractivity contribution is 7.89. The first-order valence-electron chi connectivity index (χ1n) is 13.0. The molecule has 2 aromatic carbocycles. The average Bonchev–Trinajstić information content (AvgIpc) is 2.86. The molecule has 4 rings (SSSR count). The molecule has 2 heterocycles. The number of anilines is 5. The van der Waals surface area contributed by atoms with Crippen molar-refractivity contribution < 1.29 is 13.2 Å². The maximum atomic E-state index is 12.8. The Labute approximate surface area is 230 Å². The molecule has 0 spiro atoms. The number of nitrogens with one attached hydrogen (secondary N) is 3. The fourth-order valence-corrected chi connectivity index (χ4v) is 5.80. The number of piperazine rings is 1. The van der Waals surface area contributed by atoms with Crippen LogP contribution in [0.5, 0.6) is 0 Å². The van der Waals surface area contributed by atoms with Crippen LogP contribution in [0.3, 0.4) is 0 Å². The minimum absolute atomic E-state index is 0.174. The molecule has 0 amide bonds. The van der Waals surface area contributed by atoms with Crippen LogP contribution in [-0.4, -0.2) is 67.3 Å². The van der Waals surface area contributed by atoms with Crippen LogP contribution in [0, 0.1) is 6.92 Å². The average molecular weight is 552 g/mol. The highest BCUT2D eigenvalue weighted by Gasteiger charge is 2.22. The fraction of sp³-hybridized carbons (Fsp3) is 0.393. The number of hydrogen-bond acceptors (Lipinski definition) is 9. The molecule has 3 N–H and O–H groups in total. The van der Waals surface area contributed by atoms with Crippen molar-refractivity contribution in [2.24, 2.45) is 0 Å². The van der Waals surface area contributed by atoms with E-state index in [1.165, 1.54) is 0 Å². The van der Waals surface area contributed by atoms with E-state index in [-0.39, 0.29) is 10.7 Å². The summed E-state index contributed by atoms with van der Waals surface area (Å²) in [7, 11) is -3.67. The van der Waals surface area contributed by atoms with Gasteiger partial charge in [-0.15, -0.1) is 0 Å². The zero-order chi connectivity index (χ0) is 28.2. The lowest BCUT2D eigenvalue weighted by Gasteiger charge is -2.35. The number of aryl methyl sites for hydroxylation is 1. The lowest BCUT2D eigenvalue weighted by Crippen LogP contribution is -2.47. The van der Waals surface area contributed by atoms with Gasteiger partial charge in [-0.2, -0.15) is 4.98 Å². The number of benzene rings is 2. The molecular weight excluding hydrogens is 514 g/mol. The molecule has 1 aliphatic heterocycles. The SMILES string of the molecule is CC(=O)CN1CCN(c2ccc(Nc3ncc(C)c(Nc4cccc(S(=O)(=O)NC(C)(C)C)c4)n3)cc2)CC1. The third-order valence-electron chi connectivity index (χ3n) is 6.13. The molecule has 0 radical (unpaired) electrons. The van der Waals surface area contributed by atoms with Gasteiger partial charge in [0.1, 0.15) is 11.6 Å². The number of sulfonamides is 1. The van der Waals surface area contributed by atoms with Crippen LogP contribution >= 0.6 is 0 Å². The van der Waals surface area contributed by atoms with Crippen LogP contribution < -0.4 is 20.3 Å². The summed E-state index contributed by atoms with van der Waals surface area (Å²) in [4.78, 5) is 25.1. The van der Waals surface area contributed by atoms with Gasteiger partial charge in [0.05, 0.1) is 11.4 Å². The Balaban J connectivity index is 1.42. The normalized spacial score (nSPS) is 14.7. The van der Waals surface area contributed by atoms with Crippen molar-refractivity contribution in [3.8, 4) is 0 Å². The Kier molecular flexibility index (Phi) is 8.53. The first-order valence-corrected chi connectivity index (χ1v) is 14.4. The zero-order valence-electron chi connectivity index (χ0n) is 23.2. The van der Waals surface area contributed by atoms with E-state index in [2.05, 4.69) is 47.3 Å². The smallest absolute Gasteiger partial charge is 0.241 e. The first kappa shape index (κ1) is 28.5. The van der Waals surface area contributed by atoms with Crippen molar-refractivity contribution in [1.82, 2.24) is 19.6 Å². The van der Waals surface area contributed by atoms with Gasteiger partial charge in [-0.1, -0.05) is 6.07 Å². The summed E-state index contributed by atoms with van der Waals surface area (Å²) < 4.78 is 28.2. The molecule has 0 unspecified atom stereocenters. The number of carbonyl (C=O) groups is 1. The number of Topliss-reactive ketones (excluding diaryl/α,β-unsaturated/α-hetero) is 1. The predicted molar refractivity (Wildman–Crippen MR) is 156 cm³/mol. The second-order valence-corrected chi connectivity index (χ2v) is 12.6. The molecule has 3 aromatic rings. The molecule has 39 heavy (non-hydrogen) atoms. The summed E-state index contributed by atoms with van der Waals surface area (Å²) in [5.74, 6) is 1.20. The van der Waals surface area contributed by atoms with E-state index in [1.807, 2.05) is 19.1 Å². The Hall–Kier alpha value is -3.54. The van der Waals surface area contributed by atoms with Crippen LogP contribution in [0.4, 0.5) is 28.8 Å². The van der Waals surface area contributed by atoms with Gasteiger partial charge in [-0.05, 0) is 77.1 Å². The van der Waals surface area contributed by atoms with E-state index >= 15 is 0 Å². The second kappa shape index (κ2) is 11.7. The molecule has 1 aromatic heterocycles. The number of carbonyl (C=O) groups excluding carboxylic acids is 1. The number of rotatable bonds is 9. The molecule has 1 saturated heterocycles. The Morgan fingerprint density at radius 3 is 2.31 bits per heavy atom. The molecule has 0 saturated carbocycles. The van der Waals surface area contributed by atoms with Crippen LogP contribution in [0.1, 0.15) is 33.3 Å². The van der Waals surface area contributed by atoms with Gasteiger partial charge in [0, 0.05) is 60.5 Å². The van der Waals surface area contributed by atoms with Gasteiger partial charge in [-0.3, -0.25) is 9.69 Å². The zero-order valence-corrected chi connectivity index (χ0v) is 24.0. The molecule has 1 aliphatic rings. The number of aromatic nitrogens is 2. The highest BCUT2D eigenvalue weighted by Crippen LogP contribution is 2.25. The number of hydrogen-bond donors (Lipinski definition) is 3. The van der Waals surface area contributed by atoms with E-state index in [4.69, 9.17) is 0 Å². The standard InChI is InChI=1S/C28H37N7O3S/c1-20-18-29-27(31-22-9-11-24(12-10-22)35-15-13-34(14-16-35)19-21(2)36)32-26(20)30-23-7-6-8-25(17-23)39(37,38)33-28(3,4)5/h6-12,17-18,33H,13-16,19H2,1-5H3,(H2,29,30,31,32). The minimum Gasteiger partial charge on any atom is -0.369 e. The molecule has 0 aliphatic carbocycles. The van der Waals surface area contributed by atoms with E-state index in [9.17, 15) is 13.2 Å². The van der Waals surface area contributed by atoms with Gasteiger partial charge in [0.15, 0.2) is 0 Å². The van der Waals surface area contributed by atoms with Crippen molar-refractivity contribution in [3.63, 3.8) is 0 Å². The Morgan fingerprint density at radius 1 is 0.974 bits per heavy atom. The summed E-state index contributed by atoms with van der Waals surface area (Å²) in [6.45, 7) is 12.9. The maximum absolute atomic E-state index is 12.8. The molecular formula is C28H37N7O3S. The van der Waals surface area contributed by atoms with Crippen LogP contribution in [0.15, 0.2) is 59.6 Å². The summed E-state index contributed by atoms with van der Waals surface area (Å²) in [6, 6.07) is 14.7. The number of ketones is 1. The lowest BCUT2D eigenvalue weighted by molar-refractivity contribution is -0.118. The topological polar surface area (TPSA) is 120 Å². The quantitative estimate of drug-likeness (QED) is 0.362. The Bertz CT molecular complexity index is 1410. The first-order chi connectivity index (χ1) is 18.4. The van der Waals surface area contributed by atoms with Crippen molar-refractivity contribution in [3.05, 3.63) is 60.3 Å². The third-order valence-corrected chi connectivity index (χ3v) is 7.88. The third kappa shape index (κ3) is 7.98. The molecule has 1 fully saturated rings. The van der Waals surface area contributed by atoms with Crippen LogP contribution in [0.2, 0.25) is 0 Å². The van der Waals surface area contributed by atoms with Gasteiger partial charge in [0.2, 0.25) is 16.0 Å². The fourth-order valence-electron chi connectivity index (χ4n) is 4.33.